The third-order valence-corrected chi connectivity index (χ3v) is 12.2. The topological polar surface area (TPSA) is 66.8 Å². The second kappa shape index (κ2) is 9.58. The summed E-state index contributed by atoms with van der Waals surface area (Å²) in [4.78, 5) is -0.00464. The molecule has 0 saturated heterocycles. The van der Waals surface area contributed by atoms with Gasteiger partial charge in [0, 0.05) is 0 Å². The predicted molar refractivity (Wildman–Crippen MR) is 126 cm³/mol. The van der Waals surface area contributed by atoms with Crippen LogP contribution in [0, 0.1) is 12.7 Å². The SMILES string of the molecule is Cc1ccc(S(=O)(=O)N(CC(O)CO[Si](C)(C)C(C)(C)C)c2cccc(Cl)c2F)cc1. The molecule has 0 spiro atoms. The van der Waals surface area contributed by atoms with E-state index in [2.05, 4.69) is 20.8 Å². The molecule has 1 unspecified atom stereocenters. The Kier molecular flexibility index (Phi) is 7.98. The molecule has 0 bridgehead atoms. The minimum atomic E-state index is -4.16. The van der Waals surface area contributed by atoms with Crippen LogP contribution in [0.2, 0.25) is 23.2 Å². The van der Waals surface area contributed by atoms with Gasteiger partial charge in [-0.3, -0.25) is 4.31 Å². The first-order chi connectivity index (χ1) is 14.2. The highest BCUT2D eigenvalue weighted by molar-refractivity contribution is 7.92. The summed E-state index contributed by atoms with van der Waals surface area (Å²) in [5.41, 5.74) is 0.668. The molecule has 0 aliphatic carbocycles. The Morgan fingerprint density at radius 1 is 1.16 bits per heavy atom. The Labute approximate surface area is 191 Å². The first-order valence-corrected chi connectivity index (χ1v) is 14.7. The summed E-state index contributed by atoms with van der Waals surface area (Å²) >= 11 is 5.90. The molecule has 31 heavy (non-hydrogen) atoms. The van der Waals surface area contributed by atoms with Gasteiger partial charge in [0.15, 0.2) is 14.1 Å². The molecule has 0 saturated carbocycles. The molecular formula is C22H31ClFNO4SSi. The minimum absolute atomic E-state index is 0.00464. The van der Waals surface area contributed by atoms with Gasteiger partial charge in [0.25, 0.3) is 10.0 Å². The number of nitrogens with zero attached hydrogens (tertiary/aromatic N) is 1. The van der Waals surface area contributed by atoms with Crippen LogP contribution in [0.4, 0.5) is 10.1 Å². The quantitative estimate of drug-likeness (QED) is 0.508. The lowest BCUT2D eigenvalue weighted by Crippen LogP contribution is -2.45. The van der Waals surface area contributed by atoms with E-state index in [9.17, 15) is 17.9 Å². The van der Waals surface area contributed by atoms with Crippen molar-refractivity contribution < 1.29 is 22.3 Å². The molecule has 2 aromatic carbocycles. The number of hydrogen-bond donors (Lipinski definition) is 1. The summed E-state index contributed by atoms with van der Waals surface area (Å²) in [6.07, 6.45) is -1.16. The number of rotatable bonds is 8. The predicted octanol–water partition coefficient (Wildman–Crippen LogP) is 5.37. The van der Waals surface area contributed by atoms with Crippen LogP contribution in [-0.4, -0.2) is 41.1 Å². The van der Waals surface area contributed by atoms with E-state index in [4.69, 9.17) is 16.0 Å². The molecule has 2 rings (SSSR count). The maximum Gasteiger partial charge on any atom is 0.264 e. The molecule has 5 nitrogen and oxygen atoms in total. The Bertz CT molecular complexity index is 1010. The van der Waals surface area contributed by atoms with E-state index in [-0.39, 0.29) is 33.8 Å². The van der Waals surface area contributed by atoms with Gasteiger partial charge in [-0.05, 0) is 49.3 Å². The molecule has 0 aromatic heterocycles. The van der Waals surface area contributed by atoms with Crippen molar-refractivity contribution >= 4 is 35.6 Å². The lowest BCUT2D eigenvalue weighted by atomic mass is 10.2. The Morgan fingerprint density at radius 2 is 1.74 bits per heavy atom. The van der Waals surface area contributed by atoms with Crippen molar-refractivity contribution in [3.63, 3.8) is 0 Å². The zero-order valence-corrected chi connectivity index (χ0v) is 21.4. The number of aryl methyl sites for hydroxylation is 1. The fraction of sp³-hybridized carbons (Fsp3) is 0.455. The van der Waals surface area contributed by atoms with Gasteiger partial charge in [0.1, 0.15) is 0 Å². The highest BCUT2D eigenvalue weighted by Crippen LogP contribution is 2.37. The summed E-state index contributed by atoms with van der Waals surface area (Å²) < 4.78 is 48.4. The molecule has 2 aromatic rings. The van der Waals surface area contributed by atoms with Gasteiger partial charge in [0.2, 0.25) is 0 Å². The first-order valence-electron chi connectivity index (χ1n) is 10.0. The zero-order chi connectivity index (χ0) is 23.6. The smallest absolute Gasteiger partial charge is 0.264 e. The summed E-state index contributed by atoms with van der Waals surface area (Å²) in [6.45, 7) is 11.7. The molecule has 0 heterocycles. The van der Waals surface area contributed by atoms with Crippen molar-refractivity contribution in [3.8, 4) is 0 Å². The van der Waals surface area contributed by atoms with E-state index >= 15 is 0 Å². The summed E-state index contributed by atoms with van der Waals surface area (Å²) in [5, 5.41) is 10.4. The van der Waals surface area contributed by atoms with Crippen LogP contribution in [-0.2, 0) is 14.4 Å². The monoisotopic (exact) mass is 487 g/mol. The molecule has 0 radical (unpaired) electrons. The molecule has 0 aliphatic rings. The minimum Gasteiger partial charge on any atom is -0.414 e. The largest absolute Gasteiger partial charge is 0.414 e. The molecule has 172 valence electrons. The molecule has 1 N–H and O–H groups in total. The van der Waals surface area contributed by atoms with Gasteiger partial charge in [-0.15, -0.1) is 0 Å². The molecular weight excluding hydrogens is 457 g/mol. The lowest BCUT2D eigenvalue weighted by molar-refractivity contribution is 0.107. The number of benzene rings is 2. The van der Waals surface area contributed by atoms with Gasteiger partial charge in [-0.25, -0.2) is 12.8 Å². The summed E-state index contributed by atoms with van der Waals surface area (Å²) in [6, 6.07) is 10.4. The van der Waals surface area contributed by atoms with Crippen LogP contribution in [0.5, 0.6) is 0 Å². The maximum atomic E-state index is 14.8. The normalized spacial score (nSPS) is 13.8. The van der Waals surface area contributed by atoms with Crippen molar-refractivity contribution in [2.45, 2.75) is 56.8 Å². The van der Waals surface area contributed by atoms with E-state index in [0.717, 1.165) is 9.87 Å². The van der Waals surface area contributed by atoms with Crippen LogP contribution >= 0.6 is 11.6 Å². The number of halogens is 2. The van der Waals surface area contributed by atoms with E-state index in [0.29, 0.717) is 0 Å². The number of anilines is 1. The number of hydrogen-bond acceptors (Lipinski definition) is 4. The highest BCUT2D eigenvalue weighted by atomic mass is 35.5. The molecule has 0 amide bonds. The van der Waals surface area contributed by atoms with Gasteiger partial charge in [-0.1, -0.05) is 56.1 Å². The van der Waals surface area contributed by atoms with Crippen LogP contribution in [0.25, 0.3) is 0 Å². The van der Waals surface area contributed by atoms with Crippen molar-refractivity contribution in [3.05, 3.63) is 58.9 Å². The Morgan fingerprint density at radius 3 is 2.29 bits per heavy atom. The Hall–Kier alpha value is -1.45. The van der Waals surface area contributed by atoms with Crippen LogP contribution in [0.3, 0.4) is 0 Å². The molecule has 0 fully saturated rings. The Balaban J connectivity index is 2.39. The van der Waals surface area contributed by atoms with Crippen molar-refractivity contribution in [1.82, 2.24) is 0 Å². The molecule has 0 aliphatic heterocycles. The fourth-order valence-electron chi connectivity index (χ4n) is 2.61. The molecule has 9 heteroatoms. The van der Waals surface area contributed by atoms with E-state index in [1.807, 2.05) is 20.0 Å². The zero-order valence-electron chi connectivity index (χ0n) is 18.8. The van der Waals surface area contributed by atoms with Crippen LogP contribution in [0.15, 0.2) is 47.4 Å². The number of sulfonamides is 1. The fourth-order valence-corrected chi connectivity index (χ4v) is 5.33. The van der Waals surface area contributed by atoms with Crippen molar-refractivity contribution in [1.29, 1.82) is 0 Å². The second-order valence-corrected chi connectivity index (χ2v) is 16.2. The summed E-state index contributed by atoms with van der Waals surface area (Å²) in [5.74, 6) is -0.864. The third kappa shape index (κ3) is 6.07. The van der Waals surface area contributed by atoms with Crippen molar-refractivity contribution in [2.75, 3.05) is 17.5 Å². The number of aliphatic hydroxyl groups excluding tert-OH is 1. The average Bonchev–Trinajstić information content (AvgIpc) is 2.66. The standard InChI is InChI=1S/C22H31ClFNO4SSi/c1-16-10-12-18(13-11-16)30(27,28)25(20-9-7-8-19(23)21(20)24)14-17(26)15-29-31(5,6)22(2,3)4/h7-13,17,26H,14-15H2,1-6H3. The second-order valence-electron chi connectivity index (χ2n) is 9.15. The maximum absolute atomic E-state index is 14.8. The van der Waals surface area contributed by atoms with E-state index < -0.39 is 30.3 Å². The summed E-state index contributed by atoms with van der Waals surface area (Å²) in [7, 11) is -6.31. The third-order valence-electron chi connectivity index (χ3n) is 5.63. The average molecular weight is 488 g/mol. The lowest BCUT2D eigenvalue weighted by Gasteiger charge is -2.37. The van der Waals surface area contributed by atoms with Crippen LogP contribution < -0.4 is 4.31 Å². The highest BCUT2D eigenvalue weighted by Gasteiger charge is 2.38. The van der Waals surface area contributed by atoms with Crippen molar-refractivity contribution in [2.24, 2.45) is 0 Å². The van der Waals surface area contributed by atoms with Gasteiger partial charge >= 0.3 is 0 Å². The van der Waals surface area contributed by atoms with E-state index in [1.54, 1.807) is 12.1 Å². The first kappa shape index (κ1) is 25.8. The van der Waals surface area contributed by atoms with Gasteiger partial charge < -0.3 is 9.53 Å². The molecule has 1 atom stereocenters. The van der Waals surface area contributed by atoms with E-state index in [1.165, 1.54) is 30.3 Å². The number of aliphatic hydroxyl groups is 1. The van der Waals surface area contributed by atoms with Gasteiger partial charge in [0.05, 0.1) is 34.9 Å². The van der Waals surface area contributed by atoms with Gasteiger partial charge in [-0.2, -0.15) is 0 Å². The van der Waals surface area contributed by atoms with Crippen LogP contribution in [0.1, 0.15) is 26.3 Å².